The number of benzene rings is 7. The lowest BCUT2D eigenvalue weighted by molar-refractivity contribution is 0.590. The standard InChI is InChI=1S/C42H30BNOSi/c1-4-16-31(17-5-1)43-37-29-28-32(30-36(37)35-22-10-13-25-40(35)45-43)44-38-23-11-14-26-41(38)46(33-18-6-2-7-19-33,34-20-8-3-9-21-34)42-27-15-12-24-39(42)44/h1-30H. The van der Waals surface area contributed by atoms with E-state index >= 15 is 0 Å². The molecule has 2 aliphatic heterocycles. The fraction of sp³-hybridized carbons (Fsp3) is 0. The molecule has 4 heteroatoms. The quantitative estimate of drug-likeness (QED) is 0.229. The minimum Gasteiger partial charge on any atom is -0.551 e. The van der Waals surface area contributed by atoms with Crippen LogP contribution in [0.15, 0.2) is 182 Å². The van der Waals surface area contributed by atoms with Gasteiger partial charge in [-0.25, -0.2) is 0 Å². The smallest absolute Gasteiger partial charge is 0.427 e. The number of hydrogen-bond donors (Lipinski definition) is 0. The Morgan fingerprint density at radius 3 is 1.61 bits per heavy atom. The van der Waals surface area contributed by atoms with Crippen molar-refractivity contribution in [3.8, 4) is 16.9 Å². The average Bonchev–Trinajstić information content (AvgIpc) is 3.14. The molecule has 0 saturated carbocycles. The third-order valence-electron chi connectivity index (χ3n) is 9.61. The molecule has 46 heavy (non-hydrogen) atoms. The Morgan fingerprint density at radius 2 is 0.978 bits per heavy atom. The first-order chi connectivity index (χ1) is 22.8. The van der Waals surface area contributed by atoms with Crippen molar-refractivity contribution in [2.45, 2.75) is 0 Å². The summed E-state index contributed by atoms with van der Waals surface area (Å²) in [4.78, 5) is 2.48. The highest BCUT2D eigenvalue weighted by Gasteiger charge is 2.48. The maximum Gasteiger partial charge on any atom is 0.427 e. The molecule has 2 aliphatic rings. The molecular weight excluding hydrogens is 573 g/mol. The summed E-state index contributed by atoms with van der Waals surface area (Å²) < 4.78 is 6.66. The first-order valence-electron chi connectivity index (χ1n) is 15.9. The van der Waals surface area contributed by atoms with E-state index < -0.39 is 8.07 Å². The van der Waals surface area contributed by atoms with Crippen molar-refractivity contribution in [2.75, 3.05) is 4.90 Å². The van der Waals surface area contributed by atoms with Gasteiger partial charge in [-0.15, -0.1) is 0 Å². The molecule has 2 nitrogen and oxygen atoms in total. The van der Waals surface area contributed by atoms with Crippen molar-refractivity contribution in [1.29, 1.82) is 0 Å². The molecule has 0 N–H and O–H groups in total. The molecule has 7 aromatic rings. The molecule has 0 amide bonds. The van der Waals surface area contributed by atoms with E-state index in [1.54, 1.807) is 0 Å². The van der Waals surface area contributed by atoms with Gasteiger partial charge in [0.05, 0.1) is 0 Å². The third-order valence-corrected chi connectivity index (χ3v) is 14.5. The Morgan fingerprint density at radius 1 is 0.457 bits per heavy atom. The molecule has 0 atom stereocenters. The molecule has 0 saturated heterocycles. The fourth-order valence-electron chi connectivity index (χ4n) is 7.69. The van der Waals surface area contributed by atoms with Gasteiger partial charge in [0.25, 0.3) is 0 Å². The van der Waals surface area contributed by atoms with E-state index in [0.717, 1.165) is 22.5 Å². The predicted octanol–water partition coefficient (Wildman–Crippen LogP) is 6.01. The van der Waals surface area contributed by atoms with Crippen LogP contribution in [0.3, 0.4) is 0 Å². The van der Waals surface area contributed by atoms with Crippen LogP contribution >= 0.6 is 0 Å². The summed E-state index contributed by atoms with van der Waals surface area (Å²) >= 11 is 0. The van der Waals surface area contributed by atoms with Gasteiger partial charge in [0.1, 0.15) is 5.75 Å². The maximum atomic E-state index is 6.66. The fourth-order valence-corrected chi connectivity index (χ4v) is 12.8. The van der Waals surface area contributed by atoms with Crippen LogP contribution in [0.4, 0.5) is 17.1 Å². The van der Waals surface area contributed by atoms with Gasteiger partial charge in [0, 0.05) is 22.6 Å². The zero-order valence-electron chi connectivity index (χ0n) is 25.3. The minimum atomic E-state index is -2.65. The second-order valence-corrected chi connectivity index (χ2v) is 15.8. The van der Waals surface area contributed by atoms with E-state index in [1.807, 2.05) is 0 Å². The SMILES string of the molecule is c1ccc(B2Oc3ccccc3-c3cc(N4c5ccccc5[Si](c5ccccc5)(c5ccccc5)c5ccccc54)ccc32)cc1. The van der Waals surface area contributed by atoms with E-state index in [2.05, 4.69) is 187 Å². The van der Waals surface area contributed by atoms with Gasteiger partial charge >= 0.3 is 6.92 Å². The van der Waals surface area contributed by atoms with Crippen LogP contribution in [-0.2, 0) is 0 Å². The lowest BCUT2D eigenvalue weighted by atomic mass is 9.52. The van der Waals surface area contributed by atoms with Gasteiger partial charge in [-0.1, -0.05) is 152 Å². The molecule has 0 aliphatic carbocycles. The largest absolute Gasteiger partial charge is 0.551 e. The van der Waals surface area contributed by atoms with Gasteiger partial charge in [-0.2, -0.15) is 0 Å². The zero-order valence-corrected chi connectivity index (χ0v) is 26.3. The second kappa shape index (κ2) is 10.8. The van der Waals surface area contributed by atoms with Gasteiger partial charge < -0.3 is 9.55 Å². The van der Waals surface area contributed by atoms with Crippen LogP contribution in [0.1, 0.15) is 0 Å². The number of rotatable bonds is 4. The molecule has 7 aromatic carbocycles. The zero-order chi connectivity index (χ0) is 30.5. The second-order valence-electron chi connectivity index (χ2n) is 12.0. The van der Waals surface area contributed by atoms with Crippen LogP contribution in [0, 0.1) is 0 Å². The predicted molar refractivity (Wildman–Crippen MR) is 196 cm³/mol. The molecule has 0 aromatic heterocycles. The number of hydrogen-bond acceptors (Lipinski definition) is 2. The number of para-hydroxylation sites is 3. The van der Waals surface area contributed by atoms with Crippen molar-refractivity contribution in [3.63, 3.8) is 0 Å². The van der Waals surface area contributed by atoms with Crippen molar-refractivity contribution < 1.29 is 4.65 Å². The molecule has 0 fully saturated rings. The molecule has 216 valence electrons. The van der Waals surface area contributed by atoms with Gasteiger partial charge in [0.2, 0.25) is 0 Å². The van der Waals surface area contributed by atoms with E-state index in [-0.39, 0.29) is 6.92 Å². The summed E-state index contributed by atoms with van der Waals surface area (Å²) in [6.07, 6.45) is 0. The van der Waals surface area contributed by atoms with Crippen molar-refractivity contribution in [1.82, 2.24) is 0 Å². The Kier molecular flexibility index (Phi) is 6.29. The van der Waals surface area contributed by atoms with Gasteiger partial charge in [-0.3, -0.25) is 0 Å². The van der Waals surface area contributed by atoms with E-state index in [0.29, 0.717) is 0 Å². The van der Waals surface area contributed by atoms with E-state index in [9.17, 15) is 0 Å². The number of anilines is 3. The molecular formula is C42H30BNOSi. The molecule has 0 unspecified atom stereocenters. The van der Waals surface area contributed by atoms with Crippen molar-refractivity contribution >= 4 is 63.7 Å². The topological polar surface area (TPSA) is 12.5 Å². The van der Waals surface area contributed by atoms with Crippen LogP contribution in [0.5, 0.6) is 5.75 Å². The summed E-state index contributed by atoms with van der Waals surface area (Å²) in [7, 11) is -2.65. The Hall–Kier alpha value is -5.58. The Labute approximate surface area is 271 Å². The molecule has 0 bridgehead atoms. The van der Waals surface area contributed by atoms with Crippen LogP contribution < -0.4 is 41.2 Å². The summed E-state index contributed by atoms with van der Waals surface area (Å²) in [5, 5.41) is 5.58. The van der Waals surface area contributed by atoms with E-state index in [1.165, 1.54) is 43.1 Å². The summed E-state index contributed by atoms with van der Waals surface area (Å²) in [6.45, 7) is -0.169. The first-order valence-corrected chi connectivity index (χ1v) is 17.9. The highest BCUT2D eigenvalue weighted by Crippen LogP contribution is 2.41. The summed E-state index contributed by atoms with van der Waals surface area (Å²) in [6, 6.07) is 66.4. The van der Waals surface area contributed by atoms with Gasteiger partial charge in [0.15, 0.2) is 8.07 Å². The Bertz CT molecular complexity index is 2110. The Balaban J connectivity index is 1.31. The number of fused-ring (bicyclic) bond motifs is 5. The maximum absolute atomic E-state index is 6.66. The lowest BCUT2D eigenvalue weighted by Crippen LogP contribution is -2.77. The van der Waals surface area contributed by atoms with E-state index in [4.69, 9.17) is 4.65 Å². The van der Waals surface area contributed by atoms with Crippen LogP contribution in [-0.4, -0.2) is 15.0 Å². The van der Waals surface area contributed by atoms with Crippen LogP contribution in [0.25, 0.3) is 11.1 Å². The summed E-state index contributed by atoms with van der Waals surface area (Å²) in [5.74, 6) is 0.917. The number of nitrogens with zero attached hydrogens (tertiary/aromatic N) is 1. The molecule has 0 radical (unpaired) electrons. The highest BCUT2D eigenvalue weighted by molar-refractivity contribution is 7.21. The highest BCUT2D eigenvalue weighted by atomic mass is 28.3. The van der Waals surface area contributed by atoms with Crippen molar-refractivity contribution in [3.05, 3.63) is 182 Å². The minimum absolute atomic E-state index is 0.169. The molecule has 9 rings (SSSR count). The monoisotopic (exact) mass is 603 g/mol. The molecule has 2 heterocycles. The van der Waals surface area contributed by atoms with Crippen LogP contribution in [0.2, 0.25) is 0 Å². The third kappa shape index (κ3) is 3.97. The molecule has 0 spiro atoms. The average molecular weight is 604 g/mol. The van der Waals surface area contributed by atoms with Crippen molar-refractivity contribution in [2.24, 2.45) is 0 Å². The lowest BCUT2D eigenvalue weighted by Gasteiger charge is -2.45. The first kappa shape index (κ1) is 26.8. The van der Waals surface area contributed by atoms with Gasteiger partial charge in [-0.05, 0) is 67.6 Å². The summed E-state index contributed by atoms with van der Waals surface area (Å²) in [5.41, 5.74) is 8.29. The normalized spacial score (nSPS) is 13.9.